The summed E-state index contributed by atoms with van der Waals surface area (Å²) < 4.78 is 0. The fraction of sp³-hybridized carbons (Fsp3) is 0.143. The molecule has 2 nitrogen and oxygen atoms in total. The van der Waals surface area contributed by atoms with Crippen LogP contribution in [0.25, 0.3) is 11.3 Å². The first-order chi connectivity index (χ1) is 7.70. The molecule has 0 bridgehead atoms. The van der Waals surface area contributed by atoms with Crippen molar-refractivity contribution in [2.45, 2.75) is 13.8 Å². The molecule has 2 rings (SSSR count). The van der Waals surface area contributed by atoms with Crippen LogP contribution in [0.4, 0.5) is 0 Å². The molecule has 0 unspecified atom stereocenters. The van der Waals surface area contributed by atoms with E-state index >= 15 is 0 Å². The summed E-state index contributed by atoms with van der Waals surface area (Å²) in [6.45, 7) is 3.06. The number of ketones is 1. The Morgan fingerprint density at radius 3 is 2.00 bits per heavy atom. The molecule has 16 heavy (non-hydrogen) atoms. The van der Waals surface area contributed by atoms with E-state index in [2.05, 4.69) is 17.1 Å². The summed E-state index contributed by atoms with van der Waals surface area (Å²) in [6, 6.07) is 16.1. The van der Waals surface area contributed by atoms with Crippen LogP contribution in [0, 0.1) is 0 Å². The van der Waals surface area contributed by atoms with Gasteiger partial charge in [-0.15, -0.1) is 0 Å². The number of benzene rings is 1. The second-order valence-corrected chi connectivity index (χ2v) is 3.49. The zero-order chi connectivity index (χ0) is 11.8. The monoisotopic (exact) mass is 213 g/mol. The lowest BCUT2D eigenvalue weighted by Gasteiger charge is -1.97. The van der Waals surface area contributed by atoms with Crippen molar-refractivity contribution < 1.29 is 4.79 Å². The Kier molecular flexibility index (Phi) is 4.93. The number of nitrogens with zero attached hydrogens (tertiary/aromatic N) is 1. The first-order valence-electron chi connectivity index (χ1n) is 5.14. The maximum atomic E-state index is 9.44. The van der Waals surface area contributed by atoms with Gasteiger partial charge in [-0.3, -0.25) is 4.98 Å². The van der Waals surface area contributed by atoms with Gasteiger partial charge >= 0.3 is 0 Å². The first-order valence-corrected chi connectivity index (χ1v) is 5.14. The molecular weight excluding hydrogens is 198 g/mol. The summed E-state index contributed by atoms with van der Waals surface area (Å²) in [4.78, 5) is 13.7. The van der Waals surface area contributed by atoms with E-state index in [4.69, 9.17) is 0 Å². The summed E-state index contributed by atoms with van der Waals surface area (Å²) in [5, 5.41) is 0. The predicted octanol–water partition coefficient (Wildman–Crippen LogP) is 3.34. The molecule has 0 aliphatic rings. The number of hydrogen-bond acceptors (Lipinski definition) is 2. The van der Waals surface area contributed by atoms with Gasteiger partial charge in [0.2, 0.25) is 0 Å². The second-order valence-electron chi connectivity index (χ2n) is 3.49. The van der Waals surface area contributed by atoms with E-state index in [0.29, 0.717) is 0 Å². The Balaban J connectivity index is 0.000000280. The fourth-order valence-corrected chi connectivity index (χ4v) is 1.14. The summed E-state index contributed by atoms with van der Waals surface area (Å²) in [5.74, 6) is 0.167. The fourth-order valence-electron chi connectivity index (χ4n) is 1.14. The minimum atomic E-state index is 0.167. The molecule has 2 heteroatoms. The Labute approximate surface area is 96.0 Å². The summed E-state index contributed by atoms with van der Waals surface area (Å²) in [7, 11) is 0. The summed E-state index contributed by atoms with van der Waals surface area (Å²) in [6.07, 6.45) is 1.81. The molecule has 1 aromatic carbocycles. The Bertz CT molecular complexity index is 382. The van der Waals surface area contributed by atoms with Crippen LogP contribution in [0.5, 0.6) is 0 Å². The van der Waals surface area contributed by atoms with Crippen LogP contribution >= 0.6 is 0 Å². The van der Waals surface area contributed by atoms with E-state index < -0.39 is 0 Å². The van der Waals surface area contributed by atoms with Crippen molar-refractivity contribution in [3.8, 4) is 11.3 Å². The molecule has 0 radical (unpaired) electrons. The SMILES string of the molecule is CC(C)=O.c1ccc(-c2ccccn2)cc1. The minimum Gasteiger partial charge on any atom is -0.300 e. The van der Waals surface area contributed by atoms with Crippen LogP contribution in [0.15, 0.2) is 54.7 Å². The third-order valence-corrected chi connectivity index (χ3v) is 1.73. The summed E-state index contributed by atoms with van der Waals surface area (Å²) in [5.41, 5.74) is 2.19. The zero-order valence-corrected chi connectivity index (χ0v) is 9.55. The largest absolute Gasteiger partial charge is 0.300 e. The number of carbonyl (C=O) groups excluding carboxylic acids is 1. The molecule has 0 N–H and O–H groups in total. The van der Waals surface area contributed by atoms with Crippen LogP contribution in [-0.2, 0) is 4.79 Å². The quantitative estimate of drug-likeness (QED) is 0.727. The van der Waals surface area contributed by atoms with Crippen molar-refractivity contribution in [1.29, 1.82) is 0 Å². The number of rotatable bonds is 1. The van der Waals surface area contributed by atoms with E-state index in [9.17, 15) is 4.79 Å². The first kappa shape index (κ1) is 12.1. The van der Waals surface area contributed by atoms with Crippen LogP contribution in [-0.4, -0.2) is 10.8 Å². The van der Waals surface area contributed by atoms with E-state index in [-0.39, 0.29) is 5.78 Å². The lowest BCUT2D eigenvalue weighted by Crippen LogP contribution is -1.79. The zero-order valence-electron chi connectivity index (χ0n) is 9.55. The topological polar surface area (TPSA) is 30.0 Å². The van der Waals surface area contributed by atoms with Gasteiger partial charge < -0.3 is 4.79 Å². The van der Waals surface area contributed by atoms with Gasteiger partial charge in [0.1, 0.15) is 5.78 Å². The lowest BCUT2D eigenvalue weighted by molar-refractivity contribution is -0.114. The standard InChI is InChI=1S/C11H9N.C3H6O/c1-2-6-10(7-3-1)11-8-4-5-9-12-11;1-3(2)4/h1-9H;1-2H3. The van der Waals surface area contributed by atoms with E-state index in [1.54, 1.807) is 0 Å². The molecule has 0 atom stereocenters. The van der Waals surface area contributed by atoms with Gasteiger partial charge in [0.15, 0.2) is 0 Å². The van der Waals surface area contributed by atoms with Crippen LogP contribution in [0.2, 0.25) is 0 Å². The third-order valence-electron chi connectivity index (χ3n) is 1.73. The molecule has 2 aromatic rings. The van der Waals surface area contributed by atoms with Gasteiger partial charge in [-0.1, -0.05) is 36.4 Å². The van der Waals surface area contributed by atoms with Gasteiger partial charge in [0.25, 0.3) is 0 Å². The Morgan fingerprint density at radius 1 is 0.938 bits per heavy atom. The smallest absolute Gasteiger partial charge is 0.126 e. The molecule has 1 heterocycles. The van der Waals surface area contributed by atoms with Crippen molar-refractivity contribution in [2.75, 3.05) is 0 Å². The summed E-state index contributed by atoms with van der Waals surface area (Å²) >= 11 is 0. The number of carbonyl (C=O) groups is 1. The number of Topliss-reactive ketones (excluding diaryl/α,β-unsaturated/α-hetero) is 1. The molecular formula is C14H15NO. The molecule has 0 aliphatic heterocycles. The average molecular weight is 213 g/mol. The van der Waals surface area contributed by atoms with Gasteiger partial charge in [0.05, 0.1) is 5.69 Å². The normalized spacial score (nSPS) is 8.88. The maximum absolute atomic E-state index is 9.44. The molecule has 0 saturated carbocycles. The van der Waals surface area contributed by atoms with E-state index in [1.165, 1.54) is 13.8 Å². The van der Waals surface area contributed by atoms with Crippen molar-refractivity contribution >= 4 is 5.78 Å². The molecule has 0 saturated heterocycles. The third kappa shape index (κ3) is 4.51. The molecule has 0 fully saturated rings. The molecule has 0 aliphatic carbocycles. The highest BCUT2D eigenvalue weighted by Crippen LogP contribution is 2.14. The van der Waals surface area contributed by atoms with Crippen LogP contribution in [0.1, 0.15) is 13.8 Å². The average Bonchev–Trinajstić information content (AvgIpc) is 2.31. The Hall–Kier alpha value is -1.96. The van der Waals surface area contributed by atoms with Gasteiger partial charge in [0, 0.05) is 11.8 Å². The van der Waals surface area contributed by atoms with Crippen molar-refractivity contribution in [2.24, 2.45) is 0 Å². The number of pyridine rings is 1. The predicted molar refractivity (Wildman–Crippen MR) is 66.0 cm³/mol. The molecule has 1 aromatic heterocycles. The van der Waals surface area contributed by atoms with Crippen molar-refractivity contribution in [3.63, 3.8) is 0 Å². The molecule has 0 spiro atoms. The van der Waals surface area contributed by atoms with Gasteiger partial charge in [-0.2, -0.15) is 0 Å². The highest BCUT2D eigenvalue weighted by Gasteiger charge is 1.93. The van der Waals surface area contributed by atoms with Crippen molar-refractivity contribution in [1.82, 2.24) is 4.98 Å². The number of aromatic nitrogens is 1. The van der Waals surface area contributed by atoms with Crippen LogP contribution < -0.4 is 0 Å². The Morgan fingerprint density at radius 2 is 1.50 bits per heavy atom. The number of hydrogen-bond donors (Lipinski definition) is 0. The van der Waals surface area contributed by atoms with Gasteiger partial charge in [-0.25, -0.2) is 0 Å². The second kappa shape index (κ2) is 6.51. The van der Waals surface area contributed by atoms with Crippen molar-refractivity contribution in [3.05, 3.63) is 54.7 Å². The van der Waals surface area contributed by atoms with Crippen LogP contribution in [0.3, 0.4) is 0 Å². The van der Waals surface area contributed by atoms with E-state index in [1.807, 2.05) is 42.6 Å². The highest BCUT2D eigenvalue weighted by molar-refractivity contribution is 5.72. The van der Waals surface area contributed by atoms with Gasteiger partial charge in [-0.05, 0) is 26.0 Å². The lowest BCUT2D eigenvalue weighted by atomic mass is 10.1. The van der Waals surface area contributed by atoms with E-state index in [0.717, 1.165) is 11.3 Å². The molecule has 0 amide bonds. The maximum Gasteiger partial charge on any atom is 0.126 e. The molecule has 82 valence electrons. The highest BCUT2D eigenvalue weighted by atomic mass is 16.1. The minimum absolute atomic E-state index is 0.167.